The van der Waals surface area contributed by atoms with E-state index in [1.165, 1.54) is 6.33 Å². The number of hydrogen-bond acceptors (Lipinski definition) is 6. The minimum Gasteiger partial charge on any atom is -0.493 e. The molecule has 0 radical (unpaired) electrons. The summed E-state index contributed by atoms with van der Waals surface area (Å²) in [6.07, 6.45) is 1.44. The molecule has 4 rings (SSSR count). The topological polar surface area (TPSA) is 77.5 Å². The van der Waals surface area contributed by atoms with Crippen LogP contribution in [0.15, 0.2) is 67.0 Å². The summed E-state index contributed by atoms with van der Waals surface area (Å²) < 4.78 is 16.8. The van der Waals surface area contributed by atoms with Crippen LogP contribution in [0.1, 0.15) is 0 Å². The van der Waals surface area contributed by atoms with Gasteiger partial charge in [0.15, 0.2) is 16.6 Å². The van der Waals surface area contributed by atoms with Gasteiger partial charge in [0, 0.05) is 28.5 Å². The maximum Gasteiger partial charge on any atom is 0.230 e. The lowest BCUT2D eigenvalue weighted by Gasteiger charge is -2.13. The Morgan fingerprint density at radius 2 is 1.59 bits per heavy atom. The number of halogens is 1. The number of hydrogen-bond donors (Lipinski definition) is 2. The molecular formula is C23H19ClN4O3S. The second kappa shape index (κ2) is 9.67. The first-order chi connectivity index (χ1) is 15.6. The molecule has 0 amide bonds. The molecule has 0 fully saturated rings. The third kappa shape index (κ3) is 4.99. The molecule has 1 heterocycles. The Bertz CT molecular complexity index is 1270. The first-order valence-corrected chi connectivity index (χ1v) is 10.3. The van der Waals surface area contributed by atoms with Gasteiger partial charge in [-0.15, -0.1) is 0 Å². The lowest BCUT2D eigenvalue weighted by molar-refractivity contribution is 0.355. The highest BCUT2D eigenvalue weighted by molar-refractivity contribution is 7.80. The van der Waals surface area contributed by atoms with E-state index in [-0.39, 0.29) is 0 Å². The number of methoxy groups -OCH3 is 2. The van der Waals surface area contributed by atoms with E-state index in [2.05, 4.69) is 20.6 Å². The van der Waals surface area contributed by atoms with Crippen molar-refractivity contribution in [3.05, 3.63) is 72.0 Å². The molecular weight excluding hydrogens is 448 g/mol. The molecule has 162 valence electrons. The number of benzene rings is 3. The molecule has 32 heavy (non-hydrogen) atoms. The van der Waals surface area contributed by atoms with E-state index in [4.69, 9.17) is 38.0 Å². The molecule has 0 unspecified atom stereocenters. The number of anilines is 2. The smallest absolute Gasteiger partial charge is 0.230 e. The van der Waals surface area contributed by atoms with Gasteiger partial charge in [-0.05, 0) is 54.7 Å². The molecule has 0 aliphatic rings. The van der Waals surface area contributed by atoms with Gasteiger partial charge in [0.1, 0.15) is 12.1 Å². The maximum atomic E-state index is 6.05. The second-order valence-electron chi connectivity index (χ2n) is 6.62. The van der Waals surface area contributed by atoms with Crippen molar-refractivity contribution in [3.8, 4) is 23.1 Å². The number of rotatable bonds is 6. The first kappa shape index (κ1) is 21.6. The Morgan fingerprint density at radius 1 is 0.875 bits per heavy atom. The first-order valence-electron chi connectivity index (χ1n) is 9.54. The zero-order chi connectivity index (χ0) is 22.5. The lowest BCUT2D eigenvalue weighted by Crippen LogP contribution is -2.18. The van der Waals surface area contributed by atoms with E-state index in [0.717, 1.165) is 11.4 Å². The summed E-state index contributed by atoms with van der Waals surface area (Å²) in [6, 6.07) is 18.2. The molecule has 0 aliphatic heterocycles. The zero-order valence-corrected chi connectivity index (χ0v) is 18.8. The molecule has 0 saturated heterocycles. The van der Waals surface area contributed by atoms with Crippen molar-refractivity contribution in [2.45, 2.75) is 0 Å². The third-order valence-electron chi connectivity index (χ3n) is 4.51. The predicted molar refractivity (Wildman–Crippen MR) is 130 cm³/mol. The summed E-state index contributed by atoms with van der Waals surface area (Å²) in [6.45, 7) is 0. The van der Waals surface area contributed by atoms with Crippen LogP contribution in [0.25, 0.3) is 10.9 Å². The van der Waals surface area contributed by atoms with Crippen LogP contribution in [0, 0.1) is 0 Å². The van der Waals surface area contributed by atoms with Crippen LogP contribution >= 0.6 is 23.8 Å². The summed E-state index contributed by atoms with van der Waals surface area (Å²) in [5.41, 5.74) is 2.26. The van der Waals surface area contributed by atoms with Gasteiger partial charge in [-0.2, -0.15) is 0 Å². The quantitative estimate of drug-likeness (QED) is 0.340. The van der Waals surface area contributed by atoms with E-state index in [9.17, 15) is 0 Å². The van der Waals surface area contributed by atoms with Gasteiger partial charge >= 0.3 is 0 Å². The largest absolute Gasteiger partial charge is 0.493 e. The van der Waals surface area contributed by atoms with Crippen molar-refractivity contribution in [1.29, 1.82) is 0 Å². The Morgan fingerprint density at radius 3 is 2.34 bits per heavy atom. The van der Waals surface area contributed by atoms with Crippen LogP contribution in [0.2, 0.25) is 5.02 Å². The Balaban J connectivity index is 1.53. The molecule has 0 bridgehead atoms. The van der Waals surface area contributed by atoms with Crippen molar-refractivity contribution < 1.29 is 14.2 Å². The van der Waals surface area contributed by atoms with Crippen molar-refractivity contribution in [2.75, 3.05) is 24.9 Å². The summed E-state index contributed by atoms with van der Waals surface area (Å²) in [5, 5.41) is 8.04. The van der Waals surface area contributed by atoms with Crippen molar-refractivity contribution >= 4 is 51.2 Å². The molecule has 0 saturated carbocycles. The normalized spacial score (nSPS) is 10.5. The molecule has 2 N–H and O–H groups in total. The number of aromatic nitrogens is 2. The highest BCUT2D eigenvalue weighted by Gasteiger charge is 2.13. The number of fused-ring (bicyclic) bond motifs is 1. The van der Waals surface area contributed by atoms with Gasteiger partial charge in [-0.25, -0.2) is 9.97 Å². The molecule has 0 spiro atoms. The van der Waals surface area contributed by atoms with E-state index in [1.807, 2.05) is 36.4 Å². The van der Waals surface area contributed by atoms with E-state index >= 15 is 0 Å². The molecule has 0 atom stereocenters. The SMILES string of the molecule is COc1cc2ncnc(Oc3cccc(NC(=S)Nc4ccc(Cl)cc4)c3)c2cc1OC. The third-order valence-corrected chi connectivity index (χ3v) is 4.97. The Kier molecular flexibility index (Phi) is 6.53. The number of ether oxygens (including phenoxy) is 3. The number of thiocarbonyl (C=S) groups is 1. The van der Waals surface area contributed by atoms with Crippen LogP contribution in [0.5, 0.6) is 23.1 Å². The van der Waals surface area contributed by atoms with Crippen LogP contribution in [-0.2, 0) is 0 Å². The second-order valence-corrected chi connectivity index (χ2v) is 7.46. The van der Waals surface area contributed by atoms with Gasteiger partial charge in [0.2, 0.25) is 5.88 Å². The standard InChI is InChI=1S/C23H19ClN4O3S/c1-29-20-11-18-19(12-21(20)30-2)25-13-26-22(18)31-17-5-3-4-16(10-17)28-23(32)27-15-8-6-14(24)7-9-15/h3-13H,1-2H3,(H2,27,28,32). The van der Waals surface area contributed by atoms with Crippen LogP contribution in [0.3, 0.4) is 0 Å². The molecule has 9 heteroatoms. The van der Waals surface area contributed by atoms with E-state index in [0.29, 0.717) is 44.2 Å². The average molecular weight is 467 g/mol. The number of nitrogens with zero attached hydrogens (tertiary/aromatic N) is 2. The van der Waals surface area contributed by atoms with Crippen LogP contribution in [0.4, 0.5) is 11.4 Å². The van der Waals surface area contributed by atoms with E-state index in [1.54, 1.807) is 38.5 Å². The van der Waals surface area contributed by atoms with Gasteiger partial charge in [0.05, 0.1) is 25.1 Å². The monoisotopic (exact) mass is 466 g/mol. The van der Waals surface area contributed by atoms with Crippen LogP contribution in [-0.4, -0.2) is 29.3 Å². The zero-order valence-electron chi connectivity index (χ0n) is 17.3. The lowest BCUT2D eigenvalue weighted by atomic mass is 10.2. The Labute approximate surface area is 195 Å². The summed E-state index contributed by atoms with van der Waals surface area (Å²) in [7, 11) is 3.15. The van der Waals surface area contributed by atoms with Crippen molar-refractivity contribution in [2.24, 2.45) is 0 Å². The molecule has 4 aromatic rings. The van der Waals surface area contributed by atoms with Gasteiger partial charge in [0.25, 0.3) is 0 Å². The minimum absolute atomic E-state index is 0.398. The molecule has 7 nitrogen and oxygen atoms in total. The predicted octanol–water partition coefficient (Wildman–Crippen LogP) is 5.90. The van der Waals surface area contributed by atoms with Crippen molar-refractivity contribution in [1.82, 2.24) is 9.97 Å². The highest BCUT2D eigenvalue weighted by atomic mass is 35.5. The average Bonchev–Trinajstić information content (AvgIpc) is 2.80. The fraction of sp³-hybridized carbons (Fsp3) is 0.0870. The summed E-state index contributed by atoms with van der Waals surface area (Å²) in [4.78, 5) is 8.58. The fourth-order valence-electron chi connectivity index (χ4n) is 3.02. The van der Waals surface area contributed by atoms with Gasteiger partial charge < -0.3 is 24.8 Å². The fourth-order valence-corrected chi connectivity index (χ4v) is 3.38. The maximum absolute atomic E-state index is 6.05. The summed E-state index contributed by atoms with van der Waals surface area (Å²) >= 11 is 11.3. The van der Waals surface area contributed by atoms with Gasteiger partial charge in [-0.3, -0.25) is 0 Å². The highest BCUT2D eigenvalue weighted by Crippen LogP contribution is 2.36. The number of nitrogens with one attached hydrogen (secondary N) is 2. The van der Waals surface area contributed by atoms with Crippen LogP contribution < -0.4 is 24.8 Å². The van der Waals surface area contributed by atoms with E-state index < -0.39 is 0 Å². The van der Waals surface area contributed by atoms with Gasteiger partial charge in [-0.1, -0.05) is 17.7 Å². The molecule has 1 aromatic heterocycles. The minimum atomic E-state index is 0.398. The summed E-state index contributed by atoms with van der Waals surface area (Å²) in [5.74, 6) is 2.13. The Hall–Kier alpha value is -3.62. The molecule has 0 aliphatic carbocycles. The van der Waals surface area contributed by atoms with Crippen molar-refractivity contribution in [3.63, 3.8) is 0 Å². The molecule has 3 aromatic carbocycles.